The fourth-order valence-electron chi connectivity index (χ4n) is 1.77. The first-order valence-electron chi connectivity index (χ1n) is 6.93. The van der Waals surface area contributed by atoms with Crippen molar-refractivity contribution in [2.45, 2.75) is 5.54 Å². The minimum Gasteiger partial charge on any atom is -0.394 e. The second kappa shape index (κ2) is 7.90. The summed E-state index contributed by atoms with van der Waals surface area (Å²) < 4.78 is 0. The van der Waals surface area contributed by atoms with E-state index < -0.39 is 31.3 Å². The topological polar surface area (TPSA) is 89.8 Å². The van der Waals surface area contributed by atoms with E-state index in [1.807, 2.05) is 17.5 Å². The number of carbonyl (C=O) groups is 1. The van der Waals surface area contributed by atoms with Crippen molar-refractivity contribution in [1.29, 1.82) is 0 Å². The molecule has 0 unspecified atom stereocenters. The highest BCUT2D eigenvalue weighted by Gasteiger charge is 2.30. The predicted molar refractivity (Wildman–Crippen MR) is 88.2 cm³/mol. The molecule has 0 fully saturated rings. The van der Waals surface area contributed by atoms with Gasteiger partial charge in [-0.15, -0.1) is 11.3 Å². The Labute approximate surface area is 138 Å². The molecule has 5 nitrogen and oxygen atoms in total. The highest BCUT2D eigenvalue weighted by molar-refractivity contribution is 7.10. The average Bonchev–Trinajstić information content (AvgIpc) is 3.12. The number of amides is 1. The molecule has 0 saturated heterocycles. The second-order valence-corrected chi connectivity index (χ2v) is 5.96. The summed E-state index contributed by atoms with van der Waals surface area (Å²) in [6.45, 7) is -1.68. The van der Waals surface area contributed by atoms with Crippen molar-refractivity contribution in [2.24, 2.45) is 0 Å². The molecule has 6 heteroatoms. The van der Waals surface area contributed by atoms with Crippen molar-refractivity contribution in [3.05, 3.63) is 57.8 Å². The van der Waals surface area contributed by atoms with Gasteiger partial charge in [0.2, 0.25) is 0 Å². The fraction of sp³-hybridized carbons (Fsp3) is 0.235. The Morgan fingerprint density at radius 2 is 1.70 bits per heavy atom. The van der Waals surface area contributed by atoms with E-state index in [0.717, 1.165) is 10.4 Å². The number of hydrogen-bond acceptors (Lipinski definition) is 5. The van der Waals surface area contributed by atoms with Crippen LogP contribution in [0.2, 0.25) is 0 Å². The Balaban J connectivity index is 2.08. The Kier molecular flexibility index (Phi) is 5.90. The summed E-state index contributed by atoms with van der Waals surface area (Å²) in [5.74, 6) is 5.54. The highest BCUT2D eigenvalue weighted by Crippen LogP contribution is 2.09. The van der Waals surface area contributed by atoms with Gasteiger partial charge in [-0.05, 0) is 35.7 Å². The van der Waals surface area contributed by atoms with Gasteiger partial charge in [0.1, 0.15) is 5.54 Å². The van der Waals surface area contributed by atoms with E-state index >= 15 is 0 Å². The minimum absolute atomic E-state index is 0.353. The first-order valence-corrected chi connectivity index (χ1v) is 7.81. The van der Waals surface area contributed by atoms with Gasteiger partial charge in [0, 0.05) is 11.1 Å². The molecule has 0 spiro atoms. The van der Waals surface area contributed by atoms with Crippen LogP contribution >= 0.6 is 11.3 Å². The smallest absolute Gasteiger partial charge is 0.251 e. The van der Waals surface area contributed by atoms with Gasteiger partial charge in [-0.3, -0.25) is 4.79 Å². The van der Waals surface area contributed by atoms with E-state index in [4.69, 9.17) is 0 Å². The van der Waals surface area contributed by atoms with Crippen molar-refractivity contribution < 1.29 is 20.1 Å². The van der Waals surface area contributed by atoms with E-state index in [9.17, 15) is 20.1 Å². The van der Waals surface area contributed by atoms with E-state index in [1.54, 1.807) is 35.6 Å². The van der Waals surface area contributed by atoms with E-state index in [2.05, 4.69) is 17.2 Å². The van der Waals surface area contributed by atoms with Gasteiger partial charge in [-0.1, -0.05) is 17.9 Å². The number of rotatable bonds is 5. The van der Waals surface area contributed by atoms with Crippen molar-refractivity contribution in [1.82, 2.24) is 5.32 Å². The molecule has 2 rings (SSSR count). The van der Waals surface area contributed by atoms with Crippen LogP contribution in [0, 0.1) is 11.8 Å². The number of thiophene rings is 1. The number of aliphatic hydroxyl groups excluding tert-OH is 3. The molecule has 1 amide bonds. The van der Waals surface area contributed by atoms with Crippen LogP contribution in [-0.2, 0) is 0 Å². The molecule has 0 radical (unpaired) electrons. The van der Waals surface area contributed by atoms with E-state index in [1.165, 1.54) is 0 Å². The largest absolute Gasteiger partial charge is 0.394 e. The van der Waals surface area contributed by atoms with E-state index in [0.29, 0.717) is 5.56 Å². The maximum Gasteiger partial charge on any atom is 0.251 e. The minimum atomic E-state index is -1.44. The van der Waals surface area contributed by atoms with Crippen molar-refractivity contribution in [3.8, 4) is 11.8 Å². The van der Waals surface area contributed by atoms with Gasteiger partial charge in [0.15, 0.2) is 0 Å². The third-order valence-corrected chi connectivity index (χ3v) is 4.07. The maximum atomic E-state index is 12.1. The molecule has 23 heavy (non-hydrogen) atoms. The summed E-state index contributed by atoms with van der Waals surface area (Å²) in [4.78, 5) is 13.1. The molecule has 1 aromatic heterocycles. The van der Waals surface area contributed by atoms with Crippen molar-refractivity contribution in [2.75, 3.05) is 19.8 Å². The van der Waals surface area contributed by atoms with Crippen LogP contribution in [0.4, 0.5) is 0 Å². The Hall–Kier alpha value is -2.17. The third kappa shape index (κ3) is 4.41. The van der Waals surface area contributed by atoms with Crippen LogP contribution in [0.1, 0.15) is 20.8 Å². The number of carbonyl (C=O) groups excluding carboxylic acids is 1. The Morgan fingerprint density at radius 3 is 2.22 bits per heavy atom. The lowest BCUT2D eigenvalue weighted by Gasteiger charge is -2.28. The molecule has 0 aliphatic heterocycles. The molecule has 0 bridgehead atoms. The molecule has 0 aliphatic rings. The maximum absolute atomic E-state index is 12.1. The summed E-state index contributed by atoms with van der Waals surface area (Å²) in [7, 11) is 0. The van der Waals surface area contributed by atoms with Crippen LogP contribution in [0.25, 0.3) is 0 Å². The van der Waals surface area contributed by atoms with Gasteiger partial charge in [-0.2, -0.15) is 0 Å². The number of nitrogens with one attached hydrogen (secondary N) is 1. The number of aliphatic hydroxyl groups is 3. The molecule has 1 aromatic carbocycles. The summed E-state index contributed by atoms with van der Waals surface area (Å²) in [6, 6.07) is 10.5. The lowest BCUT2D eigenvalue weighted by Crippen LogP contribution is -2.57. The summed E-state index contributed by atoms with van der Waals surface area (Å²) in [5, 5.41) is 32.1. The molecule has 4 N–H and O–H groups in total. The van der Waals surface area contributed by atoms with Crippen LogP contribution < -0.4 is 5.32 Å². The fourth-order valence-corrected chi connectivity index (χ4v) is 2.34. The van der Waals surface area contributed by atoms with Crippen molar-refractivity contribution >= 4 is 17.2 Å². The summed E-state index contributed by atoms with van der Waals surface area (Å²) >= 11 is 1.56. The zero-order chi connectivity index (χ0) is 16.7. The van der Waals surface area contributed by atoms with Gasteiger partial charge in [0.25, 0.3) is 5.91 Å². The quantitative estimate of drug-likeness (QED) is 0.604. The zero-order valence-corrected chi connectivity index (χ0v) is 13.1. The lowest BCUT2D eigenvalue weighted by atomic mass is 10.0. The predicted octanol–water partition coefficient (Wildman–Crippen LogP) is 0.593. The third-order valence-electron chi connectivity index (χ3n) is 3.28. The molecule has 0 saturated carbocycles. The Bertz CT molecular complexity index is 686. The lowest BCUT2D eigenvalue weighted by molar-refractivity contribution is 0.0375. The normalized spacial score (nSPS) is 10.7. The zero-order valence-electron chi connectivity index (χ0n) is 12.3. The molecule has 0 atom stereocenters. The van der Waals surface area contributed by atoms with Gasteiger partial charge in [-0.25, -0.2) is 0 Å². The summed E-state index contributed by atoms with van der Waals surface area (Å²) in [5.41, 5.74) is -0.312. The van der Waals surface area contributed by atoms with Gasteiger partial charge in [0.05, 0.1) is 24.7 Å². The van der Waals surface area contributed by atoms with Gasteiger partial charge >= 0.3 is 0 Å². The van der Waals surface area contributed by atoms with Crippen molar-refractivity contribution in [3.63, 3.8) is 0 Å². The number of benzene rings is 1. The van der Waals surface area contributed by atoms with E-state index in [-0.39, 0.29) is 0 Å². The first kappa shape index (κ1) is 17.2. The first-order chi connectivity index (χ1) is 11.1. The Morgan fingerprint density at radius 1 is 1.04 bits per heavy atom. The molecule has 0 aliphatic carbocycles. The van der Waals surface area contributed by atoms with Crippen LogP contribution in [0.5, 0.6) is 0 Å². The molecule has 2 aromatic rings. The standard InChI is InChI=1S/C17H17NO4S/c19-10-17(11-20,12-21)18-16(22)14-6-3-13(4-7-14)5-8-15-2-1-9-23-15/h1-4,6-7,9,19-21H,10-12H2,(H,18,22). The van der Waals surface area contributed by atoms with Gasteiger partial charge < -0.3 is 20.6 Å². The van der Waals surface area contributed by atoms with Crippen LogP contribution in [-0.4, -0.2) is 46.6 Å². The molecular formula is C17H17NO4S. The average molecular weight is 331 g/mol. The molecular weight excluding hydrogens is 314 g/mol. The molecule has 1 heterocycles. The highest BCUT2D eigenvalue weighted by atomic mass is 32.1. The van der Waals surface area contributed by atoms with Crippen LogP contribution in [0.15, 0.2) is 41.8 Å². The molecule has 120 valence electrons. The monoisotopic (exact) mass is 331 g/mol. The van der Waals surface area contributed by atoms with Crippen LogP contribution in [0.3, 0.4) is 0 Å². The second-order valence-electron chi connectivity index (χ2n) is 5.01. The SMILES string of the molecule is O=C(NC(CO)(CO)CO)c1ccc(C#Cc2cccs2)cc1. The number of hydrogen-bond donors (Lipinski definition) is 4. The summed E-state index contributed by atoms with van der Waals surface area (Å²) in [6.07, 6.45) is 0.